The molecule has 228 valence electrons. The van der Waals surface area contributed by atoms with Crippen molar-refractivity contribution in [1.82, 2.24) is 0 Å². The lowest BCUT2D eigenvalue weighted by Gasteiger charge is -2.36. The van der Waals surface area contributed by atoms with E-state index in [0.717, 1.165) is 11.3 Å². The van der Waals surface area contributed by atoms with Crippen LogP contribution in [0.1, 0.15) is 40.2 Å². The van der Waals surface area contributed by atoms with Crippen LogP contribution < -0.4 is 4.90 Å². The van der Waals surface area contributed by atoms with Gasteiger partial charge in [-0.05, 0) is 61.5 Å². The van der Waals surface area contributed by atoms with Crippen LogP contribution in [-0.4, -0.2) is 84.8 Å². The number of amides is 1. The molecule has 10 nitrogen and oxygen atoms in total. The van der Waals surface area contributed by atoms with E-state index in [1.165, 1.54) is 0 Å². The molecule has 1 rings (SSSR count). The Bertz CT molecular complexity index is 909. The number of carbonyl (C=O) groups excluding carboxylic acids is 1. The van der Waals surface area contributed by atoms with E-state index in [1.54, 1.807) is 26.5 Å². The smallest absolute Gasteiger partial charge is 0.414 e. The fourth-order valence-electron chi connectivity index (χ4n) is 2.99. The second-order valence-corrected chi connectivity index (χ2v) is 19.1. The molecule has 1 aromatic rings. The van der Waals surface area contributed by atoms with Crippen molar-refractivity contribution >= 4 is 41.7 Å². The van der Waals surface area contributed by atoms with Crippen LogP contribution in [0.5, 0.6) is 0 Å². The van der Waals surface area contributed by atoms with Gasteiger partial charge in [-0.3, -0.25) is 4.90 Å². The van der Waals surface area contributed by atoms with Gasteiger partial charge in [-0.1, -0.05) is 59.6 Å². The Balaban J connectivity index is 2.66. The second-order valence-electron chi connectivity index (χ2n) is 11.2. The number of benzene rings is 1. The van der Waals surface area contributed by atoms with Gasteiger partial charge in [-0.2, -0.15) is 0 Å². The molecule has 0 aliphatic rings. The van der Waals surface area contributed by atoms with Crippen molar-refractivity contribution in [1.29, 1.82) is 0 Å². The molecule has 0 fully saturated rings. The van der Waals surface area contributed by atoms with Crippen LogP contribution in [0, 0.1) is 0 Å². The normalized spacial score (nSPS) is 12.2. The van der Waals surface area contributed by atoms with Crippen LogP contribution in [0.15, 0.2) is 29.4 Å². The highest BCUT2D eigenvalue weighted by Gasteiger charge is 2.37. The predicted octanol–water partition coefficient (Wildman–Crippen LogP) is 7.30. The van der Waals surface area contributed by atoms with Crippen LogP contribution in [0.25, 0.3) is 10.4 Å². The van der Waals surface area contributed by atoms with Crippen molar-refractivity contribution in [2.45, 2.75) is 64.1 Å². The van der Waals surface area contributed by atoms with Crippen LogP contribution in [0.4, 0.5) is 10.5 Å². The highest BCUT2D eigenvalue weighted by atomic mass is 33.1. The zero-order valence-corrected chi connectivity index (χ0v) is 28.1. The topological polar surface area (TPSA) is 115 Å². The fraction of sp³-hybridized carbons (Fsp3) is 0.741. The van der Waals surface area contributed by atoms with E-state index < -0.39 is 14.4 Å². The van der Waals surface area contributed by atoms with Crippen molar-refractivity contribution in [3.8, 4) is 0 Å². The summed E-state index contributed by atoms with van der Waals surface area (Å²) in [6.45, 7) is 19.1. The number of rotatable bonds is 20. The SMILES string of the molecule is CSSC(C)(C)COC(=O)N(CCOCCOCCOCCN=[N+]=[N-])c1ccc(CO[Si](C)(C)C(C)(C)C)cc1. The first kappa shape index (κ1) is 36.6. The van der Waals surface area contributed by atoms with Gasteiger partial charge in [0.05, 0.1) is 57.5 Å². The Morgan fingerprint density at radius 3 is 2.10 bits per heavy atom. The van der Waals surface area contributed by atoms with Crippen molar-refractivity contribution in [3.63, 3.8) is 0 Å². The van der Waals surface area contributed by atoms with Crippen LogP contribution in [0.2, 0.25) is 18.1 Å². The first-order valence-electron chi connectivity index (χ1n) is 13.5. The second kappa shape index (κ2) is 18.9. The van der Waals surface area contributed by atoms with Gasteiger partial charge < -0.3 is 23.4 Å². The molecule has 0 N–H and O–H groups in total. The number of nitrogens with zero attached hydrogens (tertiary/aromatic N) is 4. The lowest BCUT2D eigenvalue weighted by atomic mass is 10.2. The average molecular weight is 617 g/mol. The Kier molecular flexibility index (Phi) is 17.3. The van der Waals surface area contributed by atoms with Crippen molar-refractivity contribution < 1.29 is 28.2 Å². The van der Waals surface area contributed by atoms with Gasteiger partial charge in [0.1, 0.15) is 6.61 Å². The molecule has 0 bridgehead atoms. The molecule has 0 aromatic heterocycles. The van der Waals surface area contributed by atoms with Gasteiger partial charge in [-0.15, -0.1) is 0 Å². The molecule has 1 amide bonds. The first-order chi connectivity index (χ1) is 18.8. The van der Waals surface area contributed by atoms with E-state index in [4.69, 9.17) is 28.9 Å². The summed E-state index contributed by atoms with van der Waals surface area (Å²) < 4.78 is 28.3. The van der Waals surface area contributed by atoms with E-state index in [1.807, 2.05) is 30.5 Å². The van der Waals surface area contributed by atoms with Gasteiger partial charge in [0.2, 0.25) is 0 Å². The van der Waals surface area contributed by atoms with Gasteiger partial charge in [-0.25, -0.2) is 4.79 Å². The molecule has 0 saturated carbocycles. The minimum absolute atomic E-state index is 0.142. The van der Waals surface area contributed by atoms with Crippen LogP contribution in [-0.2, 0) is 30.0 Å². The van der Waals surface area contributed by atoms with Crippen LogP contribution in [0.3, 0.4) is 0 Å². The van der Waals surface area contributed by atoms with Gasteiger partial charge in [0.25, 0.3) is 0 Å². The molecule has 0 unspecified atom stereocenters. The Labute approximate surface area is 249 Å². The average Bonchev–Trinajstić information content (AvgIpc) is 2.89. The Hall–Kier alpha value is -1.44. The zero-order valence-electron chi connectivity index (χ0n) is 25.4. The molecule has 0 aliphatic heterocycles. The highest BCUT2D eigenvalue weighted by Crippen LogP contribution is 2.37. The summed E-state index contributed by atoms with van der Waals surface area (Å²) in [5, 5.41) is 3.54. The maximum Gasteiger partial charge on any atom is 0.414 e. The highest BCUT2D eigenvalue weighted by molar-refractivity contribution is 8.76. The quantitative estimate of drug-likeness (QED) is 0.0374. The number of carbonyl (C=O) groups is 1. The summed E-state index contributed by atoms with van der Waals surface area (Å²) in [6, 6.07) is 7.86. The summed E-state index contributed by atoms with van der Waals surface area (Å²) in [6.07, 6.45) is 1.61. The summed E-state index contributed by atoms with van der Waals surface area (Å²) in [5.74, 6) is 0. The molecule has 0 aliphatic carbocycles. The monoisotopic (exact) mass is 616 g/mol. The minimum Gasteiger partial charge on any atom is -0.448 e. The largest absolute Gasteiger partial charge is 0.448 e. The van der Waals surface area contributed by atoms with E-state index in [0.29, 0.717) is 65.9 Å². The van der Waals surface area contributed by atoms with Gasteiger partial charge in [0, 0.05) is 17.1 Å². The van der Waals surface area contributed by atoms with E-state index in [-0.39, 0.29) is 9.79 Å². The van der Waals surface area contributed by atoms with E-state index in [2.05, 4.69) is 57.7 Å². The molecule has 0 saturated heterocycles. The Morgan fingerprint density at radius 1 is 0.975 bits per heavy atom. The van der Waals surface area contributed by atoms with Crippen molar-refractivity contribution in [2.75, 3.05) is 70.5 Å². The van der Waals surface area contributed by atoms with Crippen molar-refractivity contribution in [2.24, 2.45) is 5.11 Å². The van der Waals surface area contributed by atoms with Gasteiger partial charge in [0.15, 0.2) is 8.32 Å². The lowest BCUT2D eigenvalue weighted by Crippen LogP contribution is -2.40. The molecule has 40 heavy (non-hydrogen) atoms. The molecule has 0 radical (unpaired) electrons. The molecular formula is C27H48N4O6S2Si. The zero-order chi connectivity index (χ0) is 30.1. The summed E-state index contributed by atoms with van der Waals surface area (Å²) >= 11 is 0. The standard InChI is InChI=1S/C27H48N4O6S2Si/c1-26(2,3)40(7,8)37-21-23-9-11-24(12-10-23)31(25(32)36-22-27(4,5)39-38-6)14-16-34-18-20-35-19-17-33-15-13-29-30-28/h9-12H,13-22H2,1-8H3. The third kappa shape index (κ3) is 15.0. The summed E-state index contributed by atoms with van der Waals surface area (Å²) in [7, 11) is 1.47. The third-order valence-electron chi connectivity index (χ3n) is 6.33. The van der Waals surface area contributed by atoms with Crippen LogP contribution >= 0.6 is 21.6 Å². The molecule has 0 heterocycles. The van der Waals surface area contributed by atoms with E-state index in [9.17, 15) is 4.79 Å². The molecular weight excluding hydrogens is 569 g/mol. The third-order valence-corrected chi connectivity index (χ3v) is 13.4. The molecule has 0 spiro atoms. The number of hydrogen-bond acceptors (Lipinski definition) is 9. The number of anilines is 1. The number of ether oxygens (including phenoxy) is 4. The number of hydrogen-bond donors (Lipinski definition) is 0. The molecule has 13 heteroatoms. The predicted molar refractivity (Wildman–Crippen MR) is 169 cm³/mol. The fourth-order valence-corrected chi connectivity index (χ4v) is 6.01. The first-order valence-corrected chi connectivity index (χ1v) is 18.9. The maximum absolute atomic E-state index is 13.1. The van der Waals surface area contributed by atoms with Crippen molar-refractivity contribution in [3.05, 3.63) is 40.3 Å². The Morgan fingerprint density at radius 2 is 1.55 bits per heavy atom. The maximum atomic E-state index is 13.1. The number of azide groups is 1. The summed E-state index contributed by atoms with van der Waals surface area (Å²) in [5.41, 5.74) is 10.0. The lowest BCUT2D eigenvalue weighted by molar-refractivity contribution is 0.0172. The molecule has 0 atom stereocenters. The van der Waals surface area contributed by atoms with E-state index >= 15 is 0 Å². The summed E-state index contributed by atoms with van der Waals surface area (Å²) in [4.78, 5) is 17.4. The minimum atomic E-state index is -1.86. The molecule has 1 aromatic carbocycles. The van der Waals surface area contributed by atoms with Gasteiger partial charge >= 0.3 is 6.09 Å².